The Kier molecular flexibility index (Phi) is 6.61. The SMILES string of the molecule is c1ccc(C2NC(c3ccccc3)NC(c3cccc4c3oc3c(-c5cc6ccccc6c6c5oc5cc7ccccc7cc56)cccc34)N2)cc1. The first-order valence-electron chi connectivity index (χ1n) is 17.9. The summed E-state index contributed by atoms with van der Waals surface area (Å²) in [6.45, 7) is 0. The zero-order valence-corrected chi connectivity index (χ0v) is 28.1. The molecule has 3 N–H and O–H groups in total. The molecule has 1 aliphatic heterocycles. The predicted molar refractivity (Wildman–Crippen MR) is 212 cm³/mol. The number of rotatable bonds is 4. The molecule has 0 radical (unpaired) electrons. The number of hydrogen-bond donors (Lipinski definition) is 3. The fraction of sp³-hybridized carbons (Fsp3) is 0.0638. The van der Waals surface area contributed by atoms with Gasteiger partial charge < -0.3 is 8.83 Å². The van der Waals surface area contributed by atoms with Gasteiger partial charge in [0.1, 0.15) is 22.3 Å². The van der Waals surface area contributed by atoms with E-state index in [-0.39, 0.29) is 18.5 Å². The van der Waals surface area contributed by atoms with Gasteiger partial charge in [-0.2, -0.15) is 0 Å². The van der Waals surface area contributed by atoms with E-state index in [9.17, 15) is 0 Å². The Morgan fingerprint density at radius 1 is 0.365 bits per heavy atom. The molecule has 2 atom stereocenters. The normalized spacial score (nSPS) is 18.0. The molecule has 2 aromatic heterocycles. The Bertz CT molecular complexity index is 2920. The minimum absolute atomic E-state index is 0.0801. The molecule has 3 heterocycles. The lowest BCUT2D eigenvalue weighted by Gasteiger charge is -2.39. The Hall–Kier alpha value is -6.24. The monoisotopic (exact) mass is 671 g/mol. The molecule has 5 heteroatoms. The minimum Gasteiger partial charge on any atom is -0.455 e. The van der Waals surface area contributed by atoms with Crippen molar-refractivity contribution in [3.05, 3.63) is 180 Å². The molecule has 5 nitrogen and oxygen atoms in total. The highest BCUT2D eigenvalue weighted by Gasteiger charge is 2.31. The van der Waals surface area contributed by atoms with Gasteiger partial charge in [-0.1, -0.05) is 146 Å². The Morgan fingerprint density at radius 2 is 0.942 bits per heavy atom. The molecule has 11 rings (SSSR count). The summed E-state index contributed by atoms with van der Waals surface area (Å²) in [7, 11) is 0. The van der Waals surface area contributed by atoms with E-state index >= 15 is 0 Å². The summed E-state index contributed by atoms with van der Waals surface area (Å²) in [6, 6.07) is 57.8. The van der Waals surface area contributed by atoms with Crippen molar-refractivity contribution >= 4 is 65.4 Å². The second-order valence-corrected chi connectivity index (χ2v) is 13.8. The molecule has 248 valence electrons. The third-order valence-corrected chi connectivity index (χ3v) is 10.8. The van der Waals surface area contributed by atoms with Crippen LogP contribution >= 0.6 is 0 Å². The van der Waals surface area contributed by atoms with Gasteiger partial charge in [0.15, 0.2) is 0 Å². The van der Waals surface area contributed by atoms with Crippen LogP contribution in [-0.2, 0) is 0 Å². The van der Waals surface area contributed by atoms with E-state index in [0.717, 1.165) is 71.3 Å². The molecule has 0 spiro atoms. The first-order valence-corrected chi connectivity index (χ1v) is 17.9. The van der Waals surface area contributed by atoms with Crippen LogP contribution in [0.25, 0.3) is 76.5 Å². The molecular formula is C47H33N3O2. The lowest BCUT2D eigenvalue weighted by Crippen LogP contribution is -2.54. The summed E-state index contributed by atoms with van der Waals surface area (Å²) in [5.74, 6) is 0. The topological polar surface area (TPSA) is 62.4 Å². The van der Waals surface area contributed by atoms with Crippen LogP contribution in [0, 0.1) is 0 Å². The number of para-hydroxylation sites is 2. The van der Waals surface area contributed by atoms with E-state index in [0.29, 0.717) is 0 Å². The van der Waals surface area contributed by atoms with Crippen molar-refractivity contribution < 1.29 is 8.83 Å². The van der Waals surface area contributed by atoms with E-state index in [4.69, 9.17) is 8.83 Å². The number of nitrogens with one attached hydrogen (secondary N) is 3. The molecular weight excluding hydrogens is 639 g/mol. The van der Waals surface area contributed by atoms with Crippen LogP contribution < -0.4 is 16.0 Å². The molecule has 1 fully saturated rings. The molecule has 1 aliphatic rings. The maximum Gasteiger partial charge on any atom is 0.144 e. The van der Waals surface area contributed by atoms with Gasteiger partial charge in [0, 0.05) is 38.2 Å². The fourth-order valence-electron chi connectivity index (χ4n) is 8.29. The van der Waals surface area contributed by atoms with Gasteiger partial charge in [0.25, 0.3) is 0 Å². The van der Waals surface area contributed by atoms with Crippen molar-refractivity contribution in [3.63, 3.8) is 0 Å². The molecule has 0 aliphatic carbocycles. The third kappa shape index (κ3) is 4.61. The van der Waals surface area contributed by atoms with Crippen LogP contribution in [0.5, 0.6) is 0 Å². The molecule has 1 saturated heterocycles. The van der Waals surface area contributed by atoms with Crippen molar-refractivity contribution in [2.24, 2.45) is 0 Å². The van der Waals surface area contributed by atoms with Crippen molar-refractivity contribution in [1.82, 2.24) is 16.0 Å². The molecule has 0 saturated carbocycles. The van der Waals surface area contributed by atoms with Crippen molar-refractivity contribution in [3.8, 4) is 11.1 Å². The Balaban J connectivity index is 1.11. The van der Waals surface area contributed by atoms with Gasteiger partial charge in [-0.15, -0.1) is 0 Å². The number of furan rings is 2. The smallest absolute Gasteiger partial charge is 0.144 e. The first-order chi connectivity index (χ1) is 25.8. The molecule has 10 aromatic rings. The van der Waals surface area contributed by atoms with Crippen LogP contribution in [0.3, 0.4) is 0 Å². The largest absolute Gasteiger partial charge is 0.455 e. The molecule has 52 heavy (non-hydrogen) atoms. The van der Waals surface area contributed by atoms with Crippen LogP contribution in [0.4, 0.5) is 0 Å². The van der Waals surface area contributed by atoms with Gasteiger partial charge in [-0.25, -0.2) is 0 Å². The Labute approximate surface area is 299 Å². The molecule has 0 amide bonds. The third-order valence-electron chi connectivity index (χ3n) is 10.8. The van der Waals surface area contributed by atoms with Crippen LogP contribution in [0.15, 0.2) is 173 Å². The Morgan fingerprint density at radius 3 is 1.67 bits per heavy atom. The van der Waals surface area contributed by atoms with E-state index in [1.165, 1.54) is 21.9 Å². The van der Waals surface area contributed by atoms with Gasteiger partial charge in [0.05, 0.1) is 18.5 Å². The van der Waals surface area contributed by atoms with E-state index in [1.54, 1.807) is 0 Å². The van der Waals surface area contributed by atoms with Gasteiger partial charge in [0.2, 0.25) is 0 Å². The average molecular weight is 672 g/mol. The molecule has 0 bridgehead atoms. The van der Waals surface area contributed by atoms with E-state index in [1.807, 2.05) is 0 Å². The van der Waals surface area contributed by atoms with E-state index < -0.39 is 0 Å². The van der Waals surface area contributed by atoms with Crippen LogP contribution in [0.2, 0.25) is 0 Å². The summed E-state index contributed by atoms with van der Waals surface area (Å²) in [5, 5.41) is 20.6. The maximum absolute atomic E-state index is 7.06. The predicted octanol–water partition coefficient (Wildman–Crippen LogP) is 11.6. The number of fused-ring (bicyclic) bond motifs is 9. The second kappa shape index (κ2) is 11.7. The maximum atomic E-state index is 7.06. The summed E-state index contributed by atoms with van der Waals surface area (Å²) in [5.41, 5.74) is 8.90. The summed E-state index contributed by atoms with van der Waals surface area (Å²) in [4.78, 5) is 0. The highest BCUT2D eigenvalue weighted by Crippen LogP contribution is 2.45. The van der Waals surface area contributed by atoms with Crippen LogP contribution in [0.1, 0.15) is 35.2 Å². The lowest BCUT2D eigenvalue weighted by molar-refractivity contribution is 0.203. The van der Waals surface area contributed by atoms with Crippen molar-refractivity contribution in [1.29, 1.82) is 0 Å². The highest BCUT2D eigenvalue weighted by molar-refractivity contribution is 6.25. The number of benzene rings is 8. The standard InChI is InChI=1S/C47H33N3O2/c1-3-13-28(14-4-1)45-48-46(29-15-5-2-6-16-29)50-47(49-45)37-24-12-22-35-34-21-11-23-36(42(34)52-43(35)37)38-26-32-19-9-10-20-33(32)41-39-25-30-17-7-8-18-31(30)27-40(39)51-44(38)41/h1-27,45-50H. The van der Waals surface area contributed by atoms with Crippen LogP contribution in [-0.4, -0.2) is 0 Å². The molecule has 2 unspecified atom stereocenters. The van der Waals surface area contributed by atoms with Crippen molar-refractivity contribution in [2.45, 2.75) is 18.5 Å². The molecule has 8 aromatic carbocycles. The van der Waals surface area contributed by atoms with Gasteiger partial charge in [-0.05, 0) is 50.9 Å². The second-order valence-electron chi connectivity index (χ2n) is 13.8. The average Bonchev–Trinajstić information content (AvgIpc) is 3.79. The fourth-order valence-corrected chi connectivity index (χ4v) is 8.29. The zero-order chi connectivity index (χ0) is 34.2. The van der Waals surface area contributed by atoms with E-state index in [2.05, 4.69) is 180 Å². The van der Waals surface area contributed by atoms with Gasteiger partial charge >= 0.3 is 0 Å². The zero-order valence-electron chi connectivity index (χ0n) is 28.1. The first kappa shape index (κ1) is 29.5. The number of hydrogen-bond acceptors (Lipinski definition) is 5. The minimum atomic E-state index is -0.193. The summed E-state index contributed by atoms with van der Waals surface area (Å²) in [6.07, 6.45) is -0.354. The lowest BCUT2D eigenvalue weighted by atomic mass is 9.95. The van der Waals surface area contributed by atoms with Gasteiger partial charge in [-0.3, -0.25) is 16.0 Å². The quantitative estimate of drug-likeness (QED) is 0.174. The highest BCUT2D eigenvalue weighted by atomic mass is 16.3. The summed E-state index contributed by atoms with van der Waals surface area (Å²) >= 11 is 0. The van der Waals surface area contributed by atoms with Crippen molar-refractivity contribution in [2.75, 3.05) is 0 Å². The summed E-state index contributed by atoms with van der Waals surface area (Å²) < 4.78 is 13.9.